The van der Waals surface area contributed by atoms with Crippen molar-refractivity contribution < 1.29 is 14.4 Å². The Kier molecular flexibility index (Phi) is 6.63. The van der Waals surface area contributed by atoms with Crippen molar-refractivity contribution in [3.8, 4) is 0 Å². The first kappa shape index (κ1) is 19.1. The van der Waals surface area contributed by atoms with Gasteiger partial charge in [-0.2, -0.15) is 0 Å². The predicted molar refractivity (Wildman–Crippen MR) is 106 cm³/mol. The summed E-state index contributed by atoms with van der Waals surface area (Å²) in [7, 11) is 0. The SMILES string of the molecule is CCCN1C(=O)/C(=N\OCC(=O)NCCC2=CCCCC2)c2ccccc21. The molecule has 0 saturated heterocycles. The van der Waals surface area contributed by atoms with Gasteiger partial charge in [0.25, 0.3) is 11.8 Å². The van der Waals surface area contributed by atoms with Gasteiger partial charge in [-0.3, -0.25) is 9.59 Å². The first-order chi connectivity index (χ1) is 13.2. The Hall–Kier alpha value is -2.63. The monoisotopic (exact) mass is 369 g/mol. The Morgan fingerprint density at radius 3 is 2.93 bits per heavy atom. The lowest BCUT2D eigenvalue weighted by atomic mass is 9.97. The molecule has 1 aromatic carbocycles. The summed E-state index contributed by atoms with van der Waals surface area (Å²) >= 11 is 0. The molecular formula is C21H27N3O3. The zero-order valence-corrected chi connectivity index (χ0v) is 15.9. The van der Waals surface area contributed by atoms with Crippen LogP contribution in [0.15, 0.2) is 41.1 Å². The van der Waals surface area contributed by atoms with Crippen molar-refractivity contribution in [1.29, 1.82) is 0 Å². The Bertz CT molecular complexity index is 755. The molecule has 0 aromatic heterocycles. The summed E-state index contributed by atoms with van der Waals surface area (Å²) in [4.78, 5) is 31.4. The van der Waals surface area contributed by atoms with E-state index in [-0.39, 0.29) is 24.1 Å². The predicted octanol–water partition coefficient (Wildman–Crippen LogP) is 3.17. The Morgan fingerprint density at radius 1 is 1.30 bits per heavy atom. The van der Waals surface area contributed by atoms with Crippen LogP contribution in [-0.4, -0.2) is 37.2 Å². The van der Waals surface area contributed by atoms with Crippen LogP contribution in [0, 0.1) is 0 Å². The van der Waals surface area contributed by atoms with Crippen LogP contribution < -0.4 is 10.2 Å². The van der Waals surface area contributed by atoms with Crippen LogP contribution >= 0.6 is 0 Å². The number of carbonyl (C=O) groups excluding carboxylic acids is 2. The summed E-state index contributed by atoms with van der Waals surface area (Å²) in [5, 5.41) is 6.81. The highest BCUT2D eigenvalue weighted by Gasteiger charge is 2.33. The number of benzene rings is 1. The molecule has 0 bridgehead atoms. The largest absolute Gasteiger partial charge is 0.385 e. The number of fused-ring (bicyclic) bond motifs is 1. The smallest absolute Gasteiger partial charge is 0.281 e. The number of hydrogen-bond donors (Lipinski definition) is 1. The van der Waals surface area contributed by atoms with E-state index >= 15 is 0 Å². The van der Waals surface area contributed by atoms with E-state index < -0.39 is 0 Å². The molecule has 2 amide bonds. The molecule has 27 heavy (non-hydrogen) atoms. The summed E-state index contributed by atoms with van der Waals surface area (Å²) in [5.41, 5.74) is 3.28. The van der Waals surface area contributed by atoms with Gasteiger partial charge in [-0.15, -0.1) is 0 Å². The molecule has 1 aliphatic heterocycles. The van der Waals surface area contributed by atoms with Crippen molar-refractivity contribution in [3.05, 3.63) is 41.5 Å². The third kappa shape index (κ3) is 4.76. The zero-order chi connectivity index (χ0) is 19.1. The van der Waals surface area contributed by atoms with Crippen molar-refractivity contribution in [2.75, 3.05) is 24.6 Å². The second-order valence-corrected chi connectivity index (χ2v) is 6.90. The maximum absolute atomic E-state index is 12.6. The molecule has 1 aromatic rings. The maximum Gasteiger partial charge on any atom is 0.281 e. The van der Waals surface area contributed by atoms with E-state index in [1.165, 1.54) is 18.4 Å². The molecule has 1 heterocycles. The molecule has 6 heteroatoms. The van der Waals surface area contributed by atoms with E-state index in [1.807, 2.05) is 31.2 Å². The van der Waals surface area contributed by atoms with Crippen LogP contribution in [0.5, 0.6) is 0 Å². The van der Waals surface area contributed by atoms with Crippen molar-refractivity contribution in [2.45, 2.75) is 45.4 Å². The van der Waals surface area contributed by atoms with E-state index in [0.29, 0.717) is 13.1 Å². The molecule has 1 N–H and O–H groups in total. The van der Waals surface area contributed by atoms with E-state index in [9.17, 15) is 9.59 Å². The summed E-state index contributed by atoms with van der Waals surface area (Å²) in [6, 6.07) is 7.51. The molecule has 6 nitrogen and oxygen atoms in total. The first-order valence-corrected chi connectivity index (χ1v) is 9.76. The number of oxime groups is 1. The number of anilines is 1. The normalized spacial score (nSPS) is 17.7. The van der Waals surface area contributed by atoms with Crippen molar-refractivity contribution in [3.63, 3.8) is 0 Å². The molecular weight excluding hydrogens is 342 g/mol. The minimum atomic E-state index is -0.222. The number of amides is 2. The van der Waals surface area contributed by atoms with Crippen LogP contribution in [0.2, 0.25) is 0 Å². The summed E-state index contributed by atoms with van der Waals surface area (Å²) in [5.74, 6) is -0.400. The Balaban J connectivity index is 1.51. The molecule has 0 spiro atoms. The van der Waals surface area contributed by atoms with Crippen LogP contribution in [0.1, 0.15) is 51.0 Å². The number of para-hydroxylation sites is 1. The molecule has 1 aliphatic carbocycles. The van der Waals surface area contributed by atoms with Gasteiger partial charge in [0, 0.05) is 18.7 Å². The lowest BCUT2D eigenvalue weighted by Gasteiger charge is -2.14. The quantitative estimate of drug-likeness (QED) is 0.565. The molecule has 0 fully saturated rings. The van der Waals surface area contributed by atoms with Crippen molar-refractivity contribution in [2.24, 2.45) is 5.16 Å². The van der Waals surface area contributed by atoms with Crippen molar-refractivity contribution in [1.82, 2.24) is 5.32 Å². The molecule has 0 atom stereocenters. The maximum atomic E-state index is 12.6. The number of nitrogens with one attached hydrogen (secondary N) is 1. The highest BCUT2D eigenvalue weighted by molar-refractivity contribution is 6.54. The third-order valence-electron chi connectivity index (χ3n) is 4.85. The average molecular weight is 369 g/mol. The molecule has 144 valence electrons. The van der Waals surface area contributed by atoms with Gasteiger partial charge in [-0.05, 0) is 44.6 Å². The van der Waals surface area contributed by atoms with Gasteiger partial charge in [-0.1, -0.05) is 41.9 Å². The van der Waals surface area contributed by atoms with Gasteiger partial charge in [0.2, 0.25) is 0 Å². The molecule has 0 unspecified atom stereocenters. The van der Waals surface area contributed by atoms with Gasteiger partial charge in [0.15, 0.2) is 12.3 Å². The zero-order valence-electron chi connectivity index (χ0n) is 15.9. The van der Waals surface area contributed by atoms with Gasteiger partial charge in [-0.25, -0.2) is 0 Å². The standard InChI is InChI=1S/C21H27N3O3/c1-2-14-24-18-11-7-6-10-17(18)20(21(24)26)23-27-15-19(25)22-13-12-16-8-4-3-5-9-16/h6-8,10-11H,2-5,9,12-15H2,1H3,(H,22,25)/b23-20-. The fourth-order valence-corrected chi connectivity index (χ4v) is 3.50. The van der Waals surface area contributed by atoms with E-state index in [2.05, 4.69) is 16.5 Å². The summed E-state index contributed by atoms with van der Waals surface area (Å²) in [6.45, 7) is 3.07. The van der Waals surface area contributed by atoms with E-state index in [1.54, 1.807) is 4.90 Å². The van der Waals surface area contributed by atoms with Crippen LogP contribution in [0.4, 0.5) is 5.69 Å². The van der Waals surface area contributed by atoms with Crippen LogP contribution in [-0.2, 0) is 14.4 Å². The van der Waals surface area contributed by atoms with Crippen LogP contribution in [0.25, 0.3) is 0 Å². The van der Waals surface area contributed by atoms with Gasteiger partial charge in [0.1, 0.15) is 0 Å². The highest BCUT2D eigenvalue weighted by atomic mass is 16.6. The lowest BCUT2D eigenvalue weighted by molar-refractivity contribution is -0.125. The second kappa shape index (κ2) is 9.35. The minimum absolute atomic E-state index is 0.178. The van der Waals surface area contributed by atoms with Crippen molar-refractivity contribution >= 4 is 23.2 Å². The number of hydrogen-bond acceptors (Lipinski definition) is 4. The number of carbonyl (C=O) groups is 2. The number of nitrogens with zero attached hydrogens (tertiary/aromatic N) is 2. The minimum Gasteiger partial charge on any atom is -0.385 e. The first-order valence-electron chi connectivity index (χ1n) is 9.76. The van der Waals surface area contributed by atoms with Gasteiger partial charge >= 0.3 is 0 Å². The number of allylic oxidation sites excluding steroid dienone is 1. The summed E-state index contributed by atoms with van der Waals surface area (Å²) in [6.07, 6.45) is 8.81. The van der Waals surface area contributed by atoms with Crippen LogP contribution in [0.3, 0.4) is 0 Å². The fourth-order valence-electron chi connectivity index (χ4n) is 3.50. The molecule has 0 saturated carbocycles. The van der Waals surface area contributed by atoms with E-state index in [0.717, 1.165) is 36.9 Å². The third-order valence-corrected chi connectivity index (χ3v) is 4.85. The van der Waals surface area contributed by atoms with Gasteiger partial charge < -0.3 is 15.1 Å². The number of rotatable bonds is 8. The van der Waals surface area contributed by atoms with Gasteiger partial charge in [0.05, 0.1) is 5.69 Å². The molecule has 2 aliphatic rings. The fraction of sp³-hybridized carbons (Fsp3) is 0.476. The lowest BCUT2D eigenvalue weighted by Crippen LogP contribution is -2.31. The topological polar surface area (TPSA) is 71.0 Å². The van der Waals surface area contributed by atoms with E-state index in [4.69, 9.17) is 4.84 Å². The Morgan fingerprint density at radius 2 is 2.15 bits per heavy atom. The average Bonchev–Trinajstić information content (AvgIpc) is 2.95. The highest BCUT2D eigenvalue weighted by Crippen LogP contribution is 2.29. The molecule has 0 radical (unpaired) electrons. The Labute approximate surface area is 160 Å². The summed E-state index contributed by atoms with van der Waals surface area (Å²) < 4.78 is 0. The second-order valence-electron chi connectivity index (χ2n) is 6.90. The molecule has 3 rings (SSSR count).